The summed E-state index contributed by atoms with van der Waals surface area (Å²) in [5.74, 6) is 3.50. The van der Waals surface area contributed by atoms with Crippen LogP contribution >= 0.6 is 11.6 Å². The van der Waals surface area contributed by atoms with Gasteiger partial charge in [0.2, 0.25) is 0 Å². The Morgan fingerprint density at radius 1 is 1.28 bits per heavy atom. The molecule has 0 N–H and O–H groups in total. The highest BCUT2D eigenvalue weighted by Gasteiger charge is 2.31. The Morgan fingerprint density at radius 3 is 2.67 bits per heavy atom. The molecule has 2 heterocycles. The zero-order chi connectivity index (χ0) is 12.5. The van der Waals surface area contributed by atoms with Gasteiger partial charge in [0.15, 0.2) is 0 Å². The summed E-state index contributed by atoms with van der Waals surface area (Å²) in [7, 11) is 0. The van der Waals surface area contributed by atoms with Crippen LogP contribution in [-0.2, 0) is 5.88 Å². The molecule has 0 radical (unpaired) electrons. The van der Waals surface area contributed by atoms with E-state index in [1.165, 1.54) is 44.3 Å². The van der Waals surface area contributed by atoms with E-state index in [1.807, 2.05) is 0 Å². The lowest BCUT2D eigenvalue weighted by Crippen LogP contribution is -2.43. The van der Waals surface area contributed by atoms with Crippen molar-refractivity contribution in [1.82, 2.24) is 4.98 Å². The molecule has 0 amide bonds. The first kappa shape index (κ1) is 12.3. The van der Waals surface area contributed by atoms with E-state index < -0.39 is 0 Å². The third-order valence-electron chi connectivity index (χ3n) is 4.33. The predicted octanol–water partition coefficient (Wildman–Crippen LogP) is 3.76. The van der Waals surface area contributed by atoms with E-state index in [0.717, 1.165) is 23.3 Å². The van der Waals surface area contributed by atoms with Crippen molar-refractivity contribution in [3.63, 3.8) is 0 Å². The first-order valence-electron chi connectivity index (χ1n) is 7.03. The number of aromatic nitrogens is 1. The summed E-state index contributed by atoms with van der Waals surface area (Å²) < 4.78 is 0. The summed E-state index contributed by atoms with van der Waals surface area (Å²) >= 11 is 5.96. The van der Waals surface area contributed by atoms with Crippen molar-refractivity contribution in [3.8, 4) is 0 Å². The number of fused-ring (bicyclic) bond motifs is 2. The molecule has 1 saturated carbocycles. The van der Waals surface area contributed by atoms with Crippen LogP contribution in [-0.4, -0.2) is 18.1 Å². The van der Waals surface area contributed by atoms with Gasteiger partial charge in [0, 0.05) is 24.7 Å². The molecule has 1 aliphatic carbocycles. The van der Waals surface area contributed by atoms with Crippen LogP contribution in [0.4, 0.5) is 5.82 Å². The fraction of sp³-hybridized carbons (Fsp3) is 0.667. The van der Waals surface area contributed by atoms with Crippen molar-refractivity contribution in [1.29, 1.82) is 0 Å². The zero-order valence-electron chi connectivity index (χ0n) is 11.0. The quantitative estimate of drug-likeness (QED) is 0.757. The first-order valence-corrected chi connectivity index (χ1v) is 7.56. The van der Waals surface area contributed by atoms with Crippen molar-refractivity contribution in [3.05, 3.63) is 23.4 Å². The van der Waals surface area contributed by atoms with Gasteiger partial charge in [-0.1, -0.05) is 6.42 Å². The van der Waals surface area contributed by atoms with Crippen molar-refractivity contribution in [2.45, 2.75) is 38.5 Å². The fourth-order valence-corrected chi connectivity index (χ4v) is 3.73. The summed E-state index contributed by atoms with van der Waals surface area (Å²) in [6.45, 7) is 4.44. The van der Waals surface area contributed by atoms with Crippen LogP contribution in [0.2, 0.25) is 0 Å². The Labute approximate surface area is 114 Å². The second-order valence-corrected chi connectivity index (χ2v) is 6.18. The van der Waals surface area contributed by atoms with Gasteiger partial charge in [0.25, 0.3) is 0 Å². The molecule has 3 heteroatoms. The molecule has 18 heavy (non-hydrogen) atoms. The van der Waals surface area contributed by atoms with Gasteiger partial charge in [-0.3, -0.25) is 0 Å². The minimum absolute atomic E-state index is 0.580. The van der Waals surface area contributed by atoms with Gasteiger partial charge in [-0.15, -0.1) is 11.6 Å². The van der Waals surface area contributed by atoms with Crippen LogP contribution in [0.1, 0.15) is 36.9 Å². The lowest BCUT2D eigenvalue weighted by atomic mass is 9.78. The van der Waals surface area contributed by atoms with Gasteiger partial charge in [0.1, 0.15) is 5.82 Å². The van der Waals surface area contributed by atoms with E-state index in [4.69, 9.17) is 16.6 Å². The minimum Gasteiger partial charge on any atom is -0.356 e. The number of nitrogens with zero attached hydrogens (tertiary/aromatic N) is 2. The molecule has 2 fully saturated rings. The highest BCUT2D eigenvalue weighted by Crippen LogP contribution is 2.36. The summed E-state index contributed by atoms with van der Waals surface area (Å²) in [5.41, 5.74) is 2.27. The Kier molecular flexibility index (Phi) is 3.47. The predicted molar refractivity (Wildman–Crippen MR) is 76.2 cm³/mol. The average Bonchev–Trinajstić information content (AvgIpc) is 2.37. The van der Waals surface area contributed by atoms with E-state index in [1.54, 1.807) is 0 Å². The van der Waals surface area contributed by atoms with Gasteiger partial charge < -0.3 is 4.90 Å². The van der Waals surface area contributed by atoms with E-state index in [-0.39, 0.29) is 0 Å². The second-order valence-electron chi connectivity index (χ2n) is 5.91. The SMILES string of the molecule is Cc1cc(CCl)cc(N2CC3CCCC(C3)C2)n1. The number of piperidine rings is 1. The molecule has 2 aliphatic rings. The van der Waals surface area contributed by atoms with Gasteiger partial charge >= 0.3 is 0 Å². The summed E-state index contributed by atoms with van der Waals surface area (Å²) in [5, 5.41) is 0. The number of halogens is 1. The van der Waals surface area contributed by atoms with Gasteiger partial charge in [-0.05, 0) is 55.7 Å². The molecule has 0 spiro atoms. The van der Waals surface area contributed by atoms with Crippen molar-refractivity contribution >= 4 is 17.4 Å². The number of rotatable bonds is 2. The summed E-state index contributed by atoms with van der Waals surface area (Å²) in [4.78, 5) is 7.19. The molecular formula is C15H21ClN2. The Balaban J connectivity index is 1.83. The maximum Gasteiger partial charge on any atom is 0.129 e. The number of aryl methyl sites for hydroxylation is 1. The molecule has 2 unspecified atom stereocenters. The molecular weight excluding hydrogens is 244 g/mol. The van der Waals surface area contributed by atoms with Crippen molar-refractivity contribution < 1.29 is 0 Å². The largest absolute Gasteiger partial charge is 0.356 e. The molecule has 2 nitrogen and oxygen atoms in total. The zero-order valence-corrected chi connectivity index (χ0v) is 11.8. The van der Waals surface area contributed by atoms with E-state index >= 15 is 0 Å². The monoisotopic (exact) mass is 264 g/mol. The van der Waals surface area contributed by atoms with Crippen LogP contribution < -0.4 is 4.90 Å². The van der Waals surface area contributed by atoms with Crippen LogP contribution in [0, 0.1) is 18.8 Å². The van der Waals surface area contributed by atoms with E-state index in [2.05, 4.69) is 24.0 Å². The molecule has 98 valence electrons. The first-order chi connectivity index (χ1) is 8.74. The second kappa shape index (κ2) is 5.08. The molecule has 2 bridgehead atoms. The fourth-order valence-electron chi connectivity index (χ4n) is 3.58. The number of alkyl halides is 1. The summed E-state index contributed by atoms with van der Waals surface area (Å²) in [6, 6.07) is 4.25. The molecule has 1 aliphatic heterocycles. The average molecular weight is 265 g/mol. The van der Waals surface area contributed by atoms with E-state index in [9.17, 15) is 0 Å². The third-order valence-corrected chi connectivity index (χ3v) is 4.64. The standard InChI is InChI=1S/C15H21ClN2/c1-11-5-14(8-16)7-15(17-11)18-9-12-3-2-4-13(6-12)10-18/h5,7,12-13H,2-4,6,8-10H2,1H3. The smallest absolute Gasteiger partial charge is 0.129 e. The topological polar surface area (TPSA) is 16.1 Å². The lowest BCUT2D eigenvalue weighted by molar-refractivity contribution is 0.230. The van der Waals surface area contributed by atoms with Crippen molar-refractivity contribution in [2.75, 3.05) is 18.0 Å². The van der Waals surface area contributed by atoms with Gasteiger partial charge in [0.05, 0.1) is 0 Å². The summed E-state index contributed by atoms with van der Waals surface area (Å²) in [6.07, 6.45) is 5.67. The third kappa shape index (κ3) is 2.49. The molecule has 3 rings (SSSR count). The Morgan fingerprint density at radius 2 is 2.00 bits per heavy atom. The van der Waals surface area contributed by atoms with Crippen LogP contribution in [0.25, 0.3) is 0 Å². The molecule has 1 aromatic heterocycles. The van der Waals surface area contributed by atoms with Crippen LogP contribution in [0.5, 0.6) is 0 Å². The maximum atomic E-state index is 5.96. The highest BCUT2D eigenvalue weighted by atomic mass is 35.5. The highest BCUT2D eigenvalue weighted by molar-refractivity contribution is 6.17. The number of hydrogen-bond donors (Lipinski definition) is 0. The maximum absolute atomic E-state index is 5.96. The van der Waals surface area contributed by atoms with Gasteiger partial charge in [-0.2, -0.15) is 0 Å². The van der Waals surface area contributed by atoms with Crippen LogP contribution in [0.3, 0.4) is 0 Å². The molecule has 2 atom stereocenters. The number of anilines is 1. The molecule has 0 aromatic carbocycles. The minimum atomic E-state index is 0.580. The van der Waals surface area contributed by atoms with E-state index in [0.29, 0.717) is 5.88 Å². The number of hydrogen-bond acceptors (Lipinski definition) is 2. The Bertz CT molecular complexity index is 421. The normalized spacial score (nSPS) is 27.3. The van der Waals surface area contributed by atoms with Crippen LogP contribution in [0.15, 0.2) is 12.1 Å². The number of pyridine rings is 1. The molecule has 1 saturated heterocycles. The lowest BCUT2D eigenvalue weighted by Gasteiger charge is -2.42. The molecule has 1 aromatic rings. The van der Waals surface area contributed by atoms with Gasteiger partial charge in [-0.25, -0.2) is 4.98 Å². The van der Waals surface area contributed by atoms with Crippen molar-refractivity contribution in [2.24, 2.45) is 11.8 Å². The Hall–Kier alpha value is -0.760.